The molecule has 0 bridgehead atoms. The third-order valence-corrected chi connectivity index (χ3v) is 3.57. The fourth-order valence-corrected chi connectivity index (χ4v) is 2.20. The minimum Gasteiger partial charge on any atom is -0.350 e. The number of aromatic nitrogens is 1. The molecule has 0 saturated carbocycles. The van der Waals surface area contributed by atoms with Crippen LogP contribution in [0.1, 0.15) is 24.6 Å². The highest BCUT2D eigenvalue weighted by atomic mass is 19.1. The Bertz CT molecular complexity index is 692. The first-order valence-corrected chi connectivity index (χ1v) is 7.72. The van der Waals surface area contributed by atoms with Crippen molar-refractivity contribution in [3.8, 4) is 0 Å². The zero-order valence-electron chi connectivity index (χ0n) is 13.5. The molecule has 1 N–H and O–H groups in total. The van der Waals surface area contributed by atoms with Crippen LogP contribution in [0, 0.1) is 5.82 Å². The SMILES string of the molecule is CC(=O)N(CCC(=O)NCc1ccccn1)Cc1ccccc1F. The molecule has 2 amide bonds. The molecule has 2 rings (SSSR count). The molecule has 0 aliphatic heterocycles. The first-order chi connectivity index (χ1) is 11.6. The number of rotatable bonds is 7. The number of hydrogen-bond acceptors (Lipinski definition) is 3. The summed E-state index contributed by atoms with van der Waals surface area (Å²) in [6.45, 7) is 2.13. The van der Waals surface area contributed by atoms with Gasteiger partial charge in [0, 0.05) is 38.2 Å². The van der Waals surface area contributed by atoms with Gasteiger partial charge in [-0.2, -0.15) is 0 Å². The lowest BCUT2D eigenvalue weighted by atomic mass is 10.2. The summed E-state index contributed by atoms with van der Waals surface area (Å²) in [5.41, 5.74) is 1.20. The summed E-state index contributed by atoms with van der Waals surface area (Å²) in [5.74, 6) is -0.737. The van der Waals surface area contributed by atoms with Crippen LogP contribution in [0.4, 0.5) is 4.39 Å². The van der Waals surface area contributed by atoms with Crippen molar-refractivity contribution in [3.63, 3.8) is 0 Å². The zero-order chi connectivity index (χ0) is 17.4. The van der Waals surface area contributed by atoms with Crippen LogP contribution in [-0.4, -0.2) is 28.2 Å². The average molecular weight is 329 g/mol. The van der Waals surface area contributed by atoms with E-state index in [0.29, 0.717) is 12.1 Å². The van der Waals surface area contributed by atoms with Crippen LogP contribution in [-0.2, 0) is 22.7 Å². The van der Waals surface area contributed by atoms with E-state index >= 15 is 0 Å². The molecule has 2 aromatic rings. The largest absolute Gasteiger partial charge is 0.350 e. The molecule has 0 unspecified atom stereocenters. The van der Waals surface area contributed by atoms with Crippen LogP contribution in [0.25, 0.3) is 0 Å². The number of nitrogens with zero attached hydrogens (tertiary/aromatic N) is 2. The van der Waals surface area contributed by atoms with Crippen molar-refractivity contribution < 1.29 is 14.0 Å². The van der Waals surface area contributed by atoms with Crippen molar-refractivity contribution in [1.82, 2.24) is 15.2 Å². The second kappa shape index (κ2) is 8.76. The molecule has 0 radical (unpaired) electrons. The van der Waals surface area contributed by atoms with Gasteiger partial charge < -0.3 is 10.2 Å². The predicted octanol–water partition coefficient (Wildman–Crippen LogP) is 2.28. The summed E-state index contributed by atoms with van der Waals surface area (Å²) in [4.78, 5) is 29.2. The molecule has 6 heteroatoms. The maximum absolute atomic E-state index is 13.7. The molecular weight excluding hydrogens is 309 g/mol. The molecule has 126 valence electrons. The number of halogens is 1. The van der Waals surface area contributed by atoms with Crippen molar-refractivity contribution in [2.45, 2.75) is 26.4 Å². The van der Waals surface area contributed by atoms with E-state index in [2.05, 4.69) is 10.3 Å². The van der Waals surface area contributed by atoms with Gasteiger partial charge in [0.1, 0.15) is 5.82 Å². The first kappa shape index (κ1) is 17.6. The van der Waals surface area contributed by atoms with Gasteiger partial charge in [-0.05, 0) is 18.2 Å². The molecule has 0 aliphatic carbocycles. The number of nitrogens with one attached hydrogen (secondary N) is 1. The van der Waals surface area contributed by atoms with E-state index in [0.717, 1.165) is 5.69 Å². The quantitative estimate of drug-likeness (QED) is 0.848. The average Bonchev–Trinajstić information content (AvgIpc) is 2.59. The van der Waals surface area contributed by atoms with E-state index in [9.17, 15) is 14.0 Å². The van der Waals surface area contributed by atoms with Gasteiger partial charge in [0.05, 0.1) is 12.2 Å². The second-order valence-corrected chi connectivity index (χ2v) is 5.38. The molecule has 0 atom stereocenters. The minimum atomic E-state index is -0.358. The first-order valence-electron chi connectivity index (χ1n) is 7.72. The van der Waals surface area contributed by atoms with Crippen LogP contribution in [0.2, 0.25) is 0 Å². The van der Waals surface area contributed by atoms with E-state index in [1.807, 2.05) is 12.1 Å². The van der Waals surface area contributed by atoms with Crippen LogP contribution in [0.15, 0.2) is 48.7 Å². The lowest BCUT2D eigenvalue weighted by Crippen LogP contribution is -2.33. The summed E-state index contributed by atoms with van der Waals surface area (Å²) in [6.07, 6.45) is 1.81. The third-order valence-electron chi connectivity index (χ3n) is 3.57. The summed E-state index contributed by atoms with van der Waals surface area (Å²) in [7, 11) is 0. The van der Waals surface area contributed by atoms with E-state index < -0.39 is 0 Å². The Kier molecular flexibility index (Phi) is 6.42. The summed E-state index contributed by atoms with van der Waals surface area (Å²) in [6, 6.07) is 11.8. The number of pyridine rings is 1. The van der Waals surface area contributed by atoms with Crippen molar-refractivity contribution in [2.24, 2.45) is 0 Å². The highest BCUT2D eigenvalue weighted by molar-refractivity contribution is 5.78. The van der Waals surface area contributed by atoms with Crippen LogP contribution >= 0.6 is 0 Å². The van der Waals surface area contributed by atoms with Crippen molar-refractivity contribution in [3.05, 3.63) is 65.7 Å². The van der Waals surface area contributed by atoms with Gasteiger partial charge in [-0.3, -0.25) is 14.6 Å². The second-order valence-electron chi connectivity index (χ2n) is 5.38. The van der Waals surface area contributed by atoms with Gasteiger partial charge in [0.15, 0.2) is 0 Å². The summed E-state index contributed by atoms with van der Waals surface area (Å²) >= 11 is 0. The van der Waals surface area contributed by atoms with Gasteiger partial charge in [-0.15, -0.1) is 0 Å². The predicted molar refractivity (Wildman–Crippen MR) is 88.2 cm³/mol. The maximum Gasteiger partial charge on any atom is 0.222 e. The molecule has 0 spiro atoms. The van der Waals surface area contributed by atoms with Gasteiger partial charge in [-0.1, -0.05) is 24.3 Å². The standard InChI is InChI=1S/C18H20FN3O2/c1-14(23)22(13-15-6-2-3-8-17(15)19)11-9-18(24)21-12-16-7-4-5-10-20-16/h2-8,10H,9,11-13H2,1H3,(H,21,24). The van der Waals surface area contributed by atoms with Crippen molar-refractivity contribution >= 4 is 11.8 Å². The highest BCUT2D eigenvalue weighted by Crippen LogP contribution is 2.10. The van der Waals surface area contributed by atoms with Crippen molar-refractivity contribution in [1.29, 1.82) is 0 Å². The Morgan fingerprint density at radius 2 is 1.92 bits per heavy atom. The number of benzene rings is 1. The molecule has 0 aliphatic rings. The number of carbonyl (C=O) groups excluding carboxylic acids is 2. The molecule has 1 aromatic carbocycles. The minimum absolute atomic E-state index is 0.148. The maximum atomic E-state index is 13.7. The molecular formula is C18H20FN3O2. The van der Waals surface area contributed by atoms with E-state index in [-0.39, 0.29) is 37.1 Å². The topological polar surface area (TPSA) is 62.3 Å². The van der Waals surface area contributed by atoms with Gasteiger partial charge in [0.2, 0.25) is 11.8 Å². The van der Waals surface area contributed by atoms with Gasteiger partial charge in [0.25, 0.3) is 0 Å². The van der Waals surface area contributed by atoms with Crippen LogP contribution in [0.5, 0.6) is 0 Å². The Labute approximate surface area is 140 Å². The van der Waals surface area contributed by atoms with Crippen LogP contribution in [0.3, 0.4) is 0 Å². The molecule has 1 heterocycles. The summed E-state index contributed by atoms with van der Waals surface area (Å²) in [5, 5.41) is 2.76. The fraction of sp³-hybridized carbons (Fsp3) is 0.278. The lowest BCUT2D eigenvalue weighted by Gasteiger charge is -2.21. The Morgan fingerprint density at radius 1 is 1.17 bits per heavy atom. The number of hydrogen-bond donors (Lipinski definition) is 1. The molecule has 0 fully saturated rings. The molecule has 24 heavy (non-hydrogen) atoms. The normalized spacial score (nSPS) is 10.2. The number of carbonyl (C=O) groups is 2. The number of amides is 2. The fourth-order valence-electron chi connectivity index (χ4n) is 2.20. The smallest absolute Gasteiger partial charge is 0.222 e. The molecule has 0 saturated heterocycles. The van der Waals surface area contributed by atoms with Crippen LogP contribution < -0.4 is 5.32 Å². The van der Waals surface area contributed by atoms with E-state index in [1.165, 1.54) is 17.9 Å². The Hall–Kier alpha value is -2.76. The zero-order valence-corrected chi connectivity index (χ0v) is 13.5. The van der Waals surface area contributed by atoms with E-state index in [1.54, 1.807) is 30.5 Å². The lowest BCUT2D eigenvalue weighted by molar-refractivity contribution is -0.130. The van der Waals surface area contributed by atoms with Crippen molar-refractivity contribution in [2.75, 3.05) is 6.54 Å². The third kappa shape index (κ3) is 5.46. The molecule has 1 aromatic heterocycles. The Balaban J connectivity index is 1.84. The van der Waals surface area contributed by atoms with Gasteiger partial charge in [-0.25, -0.2) is 4.39 Å². The highest BCUT2D eigenvalue weighted by Gasteiger charge is 2.13. The van der Waals surface area contributed by atoms with Gasteiger partial charge >= 0.3 is 0 Å². The summed E-state index contributed by atoms with van der Waals surface area (Å²) < 4.78 is 13.7. The Morgan fingerprint density at radius 3 is 2.58 bits per heavy atom. The van der Waals surface area contributed by atoms with E-state index in [4.69, 9.17) is 0 Å². The monoisotopic (exact) mass is 329 g/mol. The molecule has 5 nitrogen and oxygen atoms in total.